The number of nitrogens with zero attached hydrogens (tertiary/aromatic N) is 3. The second kappa shape index (κ2) is 8.74. The Bertz CT molecular complexity index is 937. The Morgan fingerprint density at radius 1 is 1.14 bits per heavy atom. The highest BCUT2D eigenvalue weighted by Crippen LogP contribution is 2.25. The van der Waals surface area contributed by atoms with Gasteiger partial charge in [0.2, 0.25) is 0 Å². The van der Waals surface area contributed by atoms with Crippen LogP contribution in [-0.4, -0.2) is 65.3 Å². The number of hydrogen-bond donors (Lipinski definition) is 0. The number of benzene rings is 1. The van der Waals surface area contributed by atoms with Gasteiger partial charge in [-0.25, -0.2) is 4.79 Å². The standard InChI is InChI=1S/C18H16ClN3O7/c19-13-4-3-12(10-14(13)22(26)27)18(25)29-11-16(23)20-5-7-21(8-6-20)17(24)15-2-1-9-28-15/h1-4,9-10H,5-8,11H2. The van der Waals surface area contributed by atoms with Crippen molar-refractivity contribution in [1.29, 1.82) is 0 Å². The lowest BCUT2D eigenvalue weighted by Gasteiger charge is -2.34. The van der Waals surface area contributed by atoms with Crippen LogP contribution >= 0.6 is 11.6 Å². The van der Waals surface area contributed by atoms with Crippen molar-refractivity contribution in [2.75, 3.05) is 32.8 Å². The summed E-state index contributed by atoms with van der Waals surface area (Å²) in [4.78, 5) is 49.8. The normalized spacial score (nSPS) is 13.8. The molecule has 10 nitrogen and oxygen atoms in total. The SMILES string of the molecule is O=C(OCC(=O)N1CCN(C(=O)c2ccco2)CC1)c1ccc(Cl)c([N+](=O)[O-])c1. The summed E-state index contributed by atoms with van der Waals surface area (Å²) in [7, 11) is 0. The smallest absolute Gasteiger partial charge is 0.338 e. The van der Waals surface area contributed by atoms with Gasteiger partial charge in [-0.1, -0.05) is 11.6 Å². The Kier molecular flexibility index (Phi) is 6.13. The van der Waals surface area contributed by atoms with Gasteiger partial charge in [0.15, 0.2) is 12.4 Å². The maximum absolute atomic E-state index is 12.3. The summed E-state index contributed by atoms with van der Waals surface area (Å²) in [5, 5.41) is 10.8. The summed E-state index contributed by atoms with van der Waals surface area (Å²) in [5.41, 5.74) is -0.507. The first kappa shape index (κ1) is 20.3. The van der Waals surface area contributed by atoms with Crippen molar-refractivity contribution in [3.8, 4) is 0 Å². The zero-order valence-corrected chi connectivity index (χ0v) is 15.8. The fourth-order valence-corrected chi connectivity index (χ4v) is 2.98. The molecule has 2 amide bonds. The Hall–Kier alpha value is -3.40. The Labute approximate surface area is 169 Å². The van der Waals surface area contributed by atoms with Crippen molar-refractivity contribution in [3.05, 3.63) is 63.1 Å². The number of nitro groups is 1. The maximum atomic E-state index is 12.3. The summed E-state index contributed by atoms with van der Waals surface area (Å²) >= 11 is 5.70. The monoisotopic (exact) mass is 421 g/mol. The molecule has 1 aromatic carbocycles. The summed E-state index contributed by atoms with van der Waals surface area (Å²) in [6, 6.07) is 6.68. The van der Waals surface area contributed by atoms with E-state index in [1.54, 1.807) is 17.0 Å². The van der Waals surface area contributed by atoms with Crippen LogP contribution < -0.4 is 0 Å². The third-order valence-electron chi connectivity index (χ3n) is 4.36. The largest absolute Gasteiger partial charge is 0.459 e. The number of piperazine rings is 1. The van der Waals surface area contributed by atoms with Crippen LogP contribution in [0.1, 0.15) is 20.9 Å². The van der Waals surface area contributed by atoms with Gasteiger partial charge in [-0.2, -0.15) is 0 Å². The van der Waals surface area contributed by atoms with Gasteiger partial charge >= 0.3 is 5.97 Å². The average molecular weight is 422 g/mol. The van der Waals surface area contributed by atoms with E-state index < -0.39 is 29.1 Å². The van der Waals surface area contributed by atoms with Gasteiger partial charge < -0.3 is 19.0 Å². The molecule has 11 heteroatoms. The second-order valence-electron chi connectivity index (χ2n) is 6.15. The van der Waals surface area contributed by atoms with Crippen LogP contribution in [0.15, 0.2) is 41.0 Å². The van der Waals surface area contributed by atoms with Gasteiger partial charge in [-0.3, -0.25) is 19.7 Å². The van der Waals surface area contributed by atoms with E-state index in [1.807, 2.05) is 0 Å². The lowest BCUT2D eigenvalue weighted by molar-refractivity contribution is -0.384. The molecule has 3 rings (SSSR count). The minimum Gasteiger partial charge on any atom is -0.459 e. The molecule has 0 radical (unpaired) electrons. The number of esters is 1. The van der Waals surface area contributed by atoms with Gasteiger partial charge in [-0.15, -0.1) is 0 Å². The van der Waals surface area contributed by atoms with Crippen LogP contribution in [0.3, 0.4) is 0 Å². The maximum Gasteiger partial charge on any atom is 0.338 e. The number of hydrogen-bond acceptors (Lipinski definition) is 7. The van der Waals surface area contributed by atoms with E-state index in [0.29, 0.717) is 13.1 Å². The van der Waals surface area contributed by atoms with Crippen molar-refractivity contribution in [2.45, 2.75) is 0 Å². The first-order valence-electron chi connectivity index (χ1n) is 8.58. The quantitative estimate of drug-likeness (QED) is 0.410. The van der Waals surface area contributed by atoms with Crippen molar-refractivity contribution >= 4 is 35.1 Å². The van der Waals surface area contributed by atoms with Crippen LogP contribution in [0.5, 0.6) is 0 Å². The third-order valence-corrected chi connectivity index (χ3v) is 4.68. The number of carbonyl (C=O) groups excluding carboxylic acids is 3. The van der Waals surface area contributed by atoms with E-state index in [4.69, 9.17) is 20.8 Å². The van der Waals surface area contributed by atoms with E-state index in [2.05, 4.69) is 0 Å². The molecule has 1 aliphatic rings. The van der Waals surface area contributed by atoms with E-state index in [9.17, 15) is 24.5 Å². The van der Waals surface area contributed by atoms with Gasteiger partial charge in [0.25, 0.3) is 17.5 Å². The van der Waals surface area contributed by atoms with Crippen LogP contribution in [-0.2, 0) is 9.53 Å². The van der Waals surface area contributed by atoms with Gasteiger partial charge in [0, 0.05) is 32.2 Å². The zero-order valence-electron chi connectivity index (χ0n) is 15.1. The number of ether oxygens (including phenoxy) is 1. The number of amides is 2. The molecule has 1 aromatic heterocycles. The highest BCUT2D eigenvalue weighted by atomic mass is 35.5. The van der Waals surface area contributed by atoms with E-state index in [1.165, 1.54) is 23.3 Å². The molecule has 0 saturated carbocycles. The first-order chi connectivity index (χ1) is 13.9. The van der Waals surface area contributed by atoms with Crippen molar-refractivity contribution in [2.24, 2.45) is 0 Å². The molecule has 0 spiro atoms. The predicted molar refractivity (Wildman–Crippen MR) is 99.6 cm³/mol. The van der Waals surface area contributed by atoms with Crippen LogP contribution in [0.4, 0.5) is 5.69 Å². The Morgan fingerprint density at radius 2 is 1.83 bits per heavy atom. The van der Waals surface area contributed by atoms with Crippen LogP contribution in [0.2, 0.25) is 5.02 Å². The third kappa shape index (κ3) is 4.72. The van der Waals surface area contributed by atoms with Gasteiger partial charge in [0.05, 0.1) is 16.7 Å². The molecule has 29 heavy (non-hydrogen) atoms. The van der Waals surface area contributed by atoms with Crippen LogP contribution in [0, 0.1) is 10.1 Å². The Balaban J connectivity index is 1.50. The van der Waals surface area contributed by atoms with Gasteiger partial charge in [-0.05, 0) is 24.3 Å². The molecule has 2 aromatic rings. The topological polar surface area (TPSA) is 123 Å². The lowest BCUT2D eigenvalue weighted by atomic mass is 10.2. The first-order valence-corrected chi connectivity index (χ1v) is 8.96. The number of nitro benzene ring substituents is 1. The summed E-state index contributed by atoms with van der Waals surface area (Å²) < 4.78 is 10.0. The minimum absolute atomic E-state index is 0.0808. The summed E-state index contributed by atoms with van der Waals surface area (Å²) in [6.07, 6.45) is 1.41. The molecular formula is C18H16ClN3O7. The molecular weight excluding hydrogens is 406 g/mol. The molecule has 1 aliphatic heterocycles. The lowest BCUT2D eigenvalue weighted by Crippen LogP contribution is -2.51. The predicted octanol–water partition coefficient (Wildman–Crippen LogP) is 1.98. The molecule has 1 fully saturated rings. The highest BCUT2D eigenvalue weighted by molar-refractivity contribution is 6.32. The van der Waals surface area contributed by atoms with E-state index in [-0.39, 0.29) is 35.3 Å². The number of halogens is 1. The van der Waals surface area contributed by atoms with Crippen molar-refractivity contribution < 1.29 is 28.5 Å². The highest BCUT2D eigenvalue weighted by Gasteiger charge is 2.27. The molecule has 0 atom stereocenters. The molecule has 1 saturated heterocycles. The fourth-order valence-electron chi connectivity index (χ4n) is 2.80. The average Bonchev–Trinajstić information content (AvgIpc) is 3.26. The second-order valence-corrected chi connectivity index (χ2v) is 6.56. The molecule has 0 N–H and O–H groups in total. The number of rotatable bonds is 5. The minimum atomic E-state index is -0.871. The van der Waals surface area contributed by atoms with Gasteiger partial charge in [0.1, 0.15) is 5.02 Å². The van der Waals surface area contributed by atoms with Crippen molar-refractivity contribution in [3.63, 3.8) is 0 Å². The van der Waals surface area contributed by atoms with E-state index >= 15 is 0 Å². The molecule has 0 unspecified atom stereocenters. The number of furan rings is 1. The van der Waals surface area contributed by atoms with E-state index in [0.717, 1.165) is 6.07 Å². The molecule has 0 aliphatic carbocycles. The molecule has 0 bridgehead atoms. The fraction of sp³-hybridized carbons (Fsp3) is 0.278. The zero-order chi connectivity index (χ0) is 21.0. The Morgan fingerprint density at radius 3 is 2.45 bits per heavy atom. The van der Waals surface area contributed by atoms with Crippen molar-refractivity contribution in [1.82, 2.24) is 9.80 Å². The van der Waals surface area contributed by atoms with Crippen LogP contribution in [0.25, 0.3) is 0 Å². The number of carbonyl (C=O) groups is 3. The summed E-state index contributed by atoms with van der Waals surface area (Å²) in [6.45, 7) is 0.705. The molecule has 152 valence electrons. The summed E-state index contributed by atoms with van der Waals surface area (Å²) in [5.74, 6) is -1.31. The molecule has 2 heterocycles.